The molecule has 147 heavy (non-hydrogen) atoms. The van der Waals surface area contributed by atoms with E-state index in [1.54, 1.807) is 107 Å². The Kier molecular flexibility index (Phi) is 121. The van der Waals surface area contributed by atoms with Crippen molar-refractivity contribution in [2.45, 2.75) is 38.9 Å². The lowest BCUT2D eigenvalue weighted by atomic mass is 9.79. The van der Waals surface area contributed by atoms with E-state index in [0.29, 0.717) is 17.5 Å². The first-order chi connectivity index (χ1) is 72.7. The van der Waals surface area contributed by atoms with Crippen molar-refractivity contribution >= 4 is 923 Å². The summed E-state index contributed by atoms with van der Waals surface area (Å²) >= 11 is 9.66. The second-order valence-corrected chi connectivity index (χ2v) is 196. The lowest BCUT2D eigenvalue weighted by Crippen LogP contribution is -2.41. The summed E-state index contributed by atoms with van der Waals surface area (Å²) in [5.41, 5.74) is 7.38. The highest BCUT2D eigenvalue weighted by Gasteiger charge is 2.51. The van der Waals surface area contributed by atoms with Gasteiger partial charge in [0.2, 0.25) is 0 Å². The van der Waals surface area contributed by atoms with Crippen LogP contribution in [0.4, 0.5) is 0 Å². The molecule has 1 saturated heterocycles. The molecule has 5 aromatic carbocycles. The van der Waals surface area contributed by atoms with Crippen LogP contribution >= 0.6 is 0 Å². The SMILES string of the molecule is CC1(C)OB(c2ccc(-c3nc(-c4cccc(-c5ccccc5)c4)nc(-c4cccc(-c5ccccc5)c4)n3)cc2)OC1(C)C.S=S=S=S=S=S=S=S=S=S=S=S=S=S=S=S=S=S=S=S=S=S=S=S=S=S=S=S=S=S=S=S=S=S=S=S=S=S=S=S=S=S=S=S=S=S=S=S=S=S=S=S=S=S=S=S=S=S=S=S=S=S=S=S=S=S=S=S=S=S=S=S=S=S=S=S=S=S=S=S=S=S=S=S=S=S=S=S=S=S=S=S=S=S=S=S=S=S=S=S=S=S. The Morgan fingerprint density at radius 3 is 0.449 bits per heavy atom. The van der Waals surface area contributed by atoms with E-state index < -0.39 is 18.3 Å². The molecule has 832 valence electrons. The van der Waals surface area contributed by atoms with Crippen molar-refractivity contribution in [1.82, 2.24) is 15.0 Å². The largest absolute Gasteiger partial charge is 0.494 e. The topological polar surface area (TPSA) is 57.1 Å². The highest BCUT2D eigenvalue weighted by Crippen LogP contribution is 2.37. The fourth-order valence-corrected chi connectivity index (χ4v) is 276. The van der Waals surface area contributed by atoms with Gasteiger partial charge >= 0.3 is 7.12 Å². The minimum absolute atomic E-state index is 0.406. The van der Waals surface area contributed by atoms with Crippen molar-refractivity contribution in [1.29, 1.82) is 0 Å². The van der Waals surface area contributed by atoms with Crippen molar-refractivity contribution < 1.29 is 9.31 Å². The monoisotopic (exact) mass is 3850 g/mol. The number of hydrogen-bond acceptors (Lipinski definition) is 7. The third kappa shape index (κ3) is 90.2. The number of rotatable bonds is 6. The van der Waals surface area contributed by atoms with Gasteiger partial charge in [-0.2, -0.15) is 0 Å². The van der Waals surface area contributed by atoms with Gasteiger partial charge in [0.1, 0.15) is 0 Å². The molecular formula is C39H34BN3O2S102. The van der Waals surface area contributed by atoms with Crippen LogP contribution in [0.25, 0.3) is 56.4 Å². The third-order valence-corrected chi connectivity index (χ3v) is 232. The van der Waals surface area contributed by atoms with Gasteiger partial charge in [0.15, 0.2) is 17.5 Å². The van der Waals surface area contributed by atoms with Crippen LogP contribution < -0.4 is 5.46 Å². The molecule has 6 aromatic rings. The molecule has 5 nitrogen and oxygen atoms in total. The maximum atomic E-state index is 6.28. The van der Waals surface area contributed by atoms with Crippen LogP contribution in [0.3, 0.4) is 0 Å². The molecule has 0 unspecified atom stereocenters. The summed E-state index contributed by atoms with van der Waals surface area (Å²) in [5, 5.41) is 0. The van der Waals surface area contributed by atoms with Gasteiger partial charge < -0.3 is 9.31 Å². The van der Waals surface area contributed by atoms with Crippen LogP contribution in [0.5, 0.6) is 0 Å². The van der Waals surface area contributed by atoms with Crippen molar-refractivity contribution in [3.05, 3.63) is 133 Å². The van der Waals surface area contributed by atoms with Crippen LogP contribution in [-0.4, -0.2) is 33.3 Å². The van der Waals surface area contributed by atoms with Crippen molar-refractivity contribution in [3.63, 3.8) is 0 Å². The summed E-state index contributed by atoms with van der Waals surface area (Å²) in [5.74, 6) is 1.84. The second-order valence-electron chi connectivity index (χ2n) is 19.2. The zero-order chi connectivity index (χ0) is 104. The molecule has 0 saturated carbocycles. The van der Waals surface area contributed by atoms with Crippen molar-refractivity contribution in [3.8, 4) is 56.4 Å². The van der Waals surface area contributed by atoms with Gasteiger partial charge in [-0.1, -0.05) is 121 Å². The Hall–Kier alpha value is 17.5. The maximum Gasteiger partial charge on any atom is 0.494 e. The molecular weight excluding hydrogens is 3820 g/mol. The zero-order valence-corrected chi connectivity index (χ0v) is 151. The molecule has 1 fully saturated rings. The average Bonchev–Trinajstić information content (AvgIpc) is 1.60. The average molecular weight is 3860 g/mol. The molecule has 0 bridgehead atoms. The van der Waals surface area contributed by atoms with Crippen LogP contribution in [0.2, 0.25) is 0 Å². The minimum Gasteiger partial charge on any atom is -0.399 e. The van der Waals surface area contributed by atoms with Gasteiger partial charge in [-0.15, -0.1) is 0 Å². The summed E-state index contributed by atoms with van der Waals surface area (Å²) in [6.07, 6.45) is 0. The molecule has 0 spiro atoms. The summed E-state index contributed by atoms with van der Waals surface area (Å²) in [6.45, 7) is 8.26. The van der Waals surface area contributed by atoms with Gasteiger partial charge in [-0.3, -0.25) is 0 Å². The fraction of sp³-hybridized carbons (Fsp3) is 0.154. The first-order valence-electron chi connectivity index (χ1n) is 32.1. The highest BCUT2D eigenvalue weighted by molar-refractivity contribution is 8.88. The van der Waals surface area contributed by atoms with Crippen LogP contribution in [0.1, 0.15) is 27.7 Å². The second kappa shape index (κ2) is 117. The van der Waals surface area contributed by atoms with Gasteiger partial charge in [0.25, 0.3) is 0 Å². The summed E-state index contributed by atoms with van der Waals surface area (Å²) in [6, 6.07) is 45.5. The summed E-state index contributed by atoms with van der Waals surface area (Å²) in [4.78, 5) is 15.0. The molecule has 1 aliphatic heterocycles. The molecule has 1 aromatic heterocycles. The smallest absolute Gasteiger partial charge is 0.399 e. The van der Waals surface area contributed by atoms with Crippen LogP contribution in [0, 0.1) is 0 Å². The first-order valence-corrected chi connectivity index (χ1v) is 167. The van der Waals surface area contributed by atoms with E-state index in [0.717, 1.165) is 44.4 Å². The first kappa shape index (κ1) is 153. The predicted octanol–water partition coefficient (Wildman–Crippen LogP) is 8.26. The molecule has 1 aliphatic rings. The lowest BCUT2D eigenvalue weighted by molar-refractivity contribution is 0.00578. The third-order valence-electron chi connectivity index (χ3n) is 11.5. The van der Waals surface area contributed by atoms with E-state index in [1.807, 2.05) is 824 Å². The molecule has 0 aliphatic carbocycles. The minimum atomic E-state index is -0.435. The Morgan fingerprint density at radius 1 is 0.156 bits per heavy atom. The summed E-state index contributed by atoms with van der Waals surface area (Å²) in [7, 11) is 181. The summed E-state index contributed by atoms with van der Waals surface area (Å²) < 4.78 is 12.6. The van der Waals surface area contributed by atoms with E-state index in [4.69, 9.17) is 46.6 Å². The number of hydrogen-bond donors (Lipinski definition) is 0. The maximum absolute atomic E-state index is 6.28. The highest BCUT2D eigenvalue weighted by atomic mass is 33.6. The quantitative estimate of drug-likeness (QED) is 0.156. The molecule has 0 radical (unpaired) electrons. The number of benzene rings is 5. The Labute approximate surface area is 1140 Å². The number of aromatic nitrogens is 3. The normalized spacial score (nSPS) is 10.1. The van der Waals surface area contributed by atoms with Gasteiger partial charge in [-0.05, 0) is 67.5 Å². The Morgan fingerprint density at radius 2 is 0.293 bits per heavy atom. The molecule has 108 heteroatoms. The molecule has 2 heterocycles. The molecule has 0 N–H and O–H groups in total. The predicted molar refractivity (Wildman–Crippen MR) is 934 cm³/mol. The van der Waals surface area contributed by atoms with Gasteiger partial charge in [0, 0.05) is 927 Å². The van der Waals surface area contributed by atoms with Gasteiger partial charge in [-0.25, -0.2) is 15.0 Å². The van der Waals surface area contributed by atoms with Crippen LogP contribution in [0.15, 0.2) is 133 Å². The zero-order valence-electron chi connectivity index (χ0n) is 67.6. The Balaban J connectivity index is 0.000000596. The van der Waals surface area contributed by atoms with Crippen molar-refractivity contribution in [2.75, 3.05) is 0 Å². The van der Waals surface area contributed by atoms with Crippen LogP contribution in [-0.2, 0) is 920 Å². The molecule has 0 atom stereocenters. The molecule has 0 amide bonds. The van der Waals surface area contributed by atoms with E-state index in [1.165, 1.54) is 17.8 Å². The van der Waals surface area contributed by atoms with E-state index in [2.05, 4.69) is 100 Å². The van der Waals surface area contributed by atoms with Crippen molar-refractivity contribution in [2.24, 2.45) is 0 Å². The van der Waals surface area contributed by atoms with Gasteiger partial charge in [0.05, 0.1) is 11.2 Å². The standard InChI is InChI=1S/C39H34BN3O2.S102/c1-38(2)39(3,4)45-40(44-38)34-23-21-29(22-24-34)35-41-36(32-19-11-17-30(25-32)27-13-7-5-8-14-27)43-37(42-35)33-20-12-18-31(26-33)28-15-9-6-10-16-28;1-3-5-7-9-11-13-15-17-19-21-23-25-27-29-31-33-35-37-39-41-43-45-47-49-51-53-55-57-59-61-63-65-67-69-71-73-75-77-79-81-83-85-87-89-91-93-95-97-99-101-102-100-98-96-94-92-90-88-86-84-82-80-78-76-74-72-70-68-66-64-62-60-58-56-54-52-50-48-46-44-42-40-38-36-34-32-30-28-26-24-22-20-18-16-14-12-10-8-6-4-2/h5-26H,1-4H3;. The lowest BCUT2D eigenvalue weighted by Gasteiger charge is -2.32. The van der Waals surface area contributed by atoms with E-state index in [-0.39, 0.29) is 0 Å². The number of nitrogens with zero attached hydrogens (tertiary/aromatic N) is 3. The fourth-order valence-electron chi connectivity index (χ4n) is 6.58. The Bertz CT molecular complexity index is 10600. The van der Waals surface area contributed by atoms with E-state index in [9.17, 15) is 0 Å². The molecule has 7 rings (SSSR count). The van der Waals surface area contributed by atoms with E-state index >= 15 is 0 Å².